The Labute approximate surface area is 164 Å². The van der Waals surface area contributed by atoms with Crippen LogP contribution in [0.15, 0.2) is 54.7 Å². The minimum atomic E-state index is 0.0199. The summed E-state index contributed by atoms with van der Waals surface area (Å²) in [7, 11) is 3.17. The molecular formula is C23H24N2O3. The molecule has 3 aromatic rings. The van der Waals surface area contributed by atoms with Gasteiger partial charge in [-0.15, -0.1) is 0 Å². The molecule has 0 radical (unpaired) electrons. The van der Waals surface area contributed by atoms with Gasteiger partial charge in [0.15, 0.2) is 11.5 Å². The number of ether oxygens (including phenoxy) is 2. The second kappa shape index (κ2) is 7.89. The predicted molar refractivity (Wildman–Crippen MR) is 109 cm³/mol. The van der Waals surface area contributed by atoms with Gasteiger partial charge >= 0.3 is 0 Å². The zero-order chi connectivity index (χ0) is 19.5. The number of hydrogen-bond donors (Lipinski definition) is 0. The lowest BCUT2D eigenvalue weighted by Crippen LogP contribution is -2.39. The number of likely N-dealkylation sites (tertiary alicyclic amines) is 1. The number of carbonyl (C=O) groups excluding carboxylic acids is 1. The molecular weight excluding hydrogens is 352 g/mol. The Morgan fingerprint density at radius 2 is 1.82 bits per heavy atom. The number of benzene rings is 2. The molecule has 0 bridgehead atoms. The highest BCUT2D eigenvalue weighted by molar-refractivity contribution is 5.95. The minimum Gasteiger partial charge on any atom is -0.493 e. The summed E-state index contributed by atoms with van der Waals surface area (Å²) in [6, 6.07) is 15.7. The van der Waals surface area contributed by atoms with Gasteiger partial charge in [0.1, 0.15) is 0 Å². The highest BCUT2D eigenvalue weighted by Gasteiger charge is 2.27. The molecule has 5 heteroatoms. The van der Waals surface area contributed by atoms with Gasteiger partial charge in [-0.25, -0.2) is 0 Å². The third kappa shape index (κ3) is 3.52. The van der Waals surface area contributed by atoms with Crippen LogP contribution in [-0.2, 0) is 0 Å². The standard InChI is InChI=1S/C23H24N2O3/c1-27-21-10-9-17(13-22(21)28-2)23(26)25-11-5-8-19(15-25)20-12-16-6-3-4-7-18(16)14-24-20/h3-4,6-7,9-10,12-14,19H,5,8,11,15H2,1-2H3. The number of pyridine rings is 1. The maximum absolute atomic E-state index is 13.1. The van der Waals surface area contributed by atoms with Crippen LogP contribution in [0.5, 0.6) is 11.5 Å². The van der Waals surface area contributed by atoms with E-state index in [1.165, 1.54) is 5.39 Å². The molecule has 1 aliphatic heterocycles. The smallest absolute Gasteiger partial charge is 0.254 e. The normalized spacial score (nSPS) is 16.8. The molecule has 1 amide bonds. The van der Waals surface area contributed by atoms with Crippen molar-refractivity contribution < 1.29 is 14.3 Å². The molecule has 1 fully saturated rings. The molecule has 144 valence electrons. The number of methoxy groups -OCH3 is 2. The number of piperidine rings is 1. The van der Waals surface area contributed by atoms with E-state index < -0.39 is 0 Å². The van der Waals surface area contributed by atoms with Crippen LogP contribution in [-0.4, -0.2) is 43.1 Å². The summed E-state index contributed by atoms with van der Waals surface area (Å²) in [6.45, 7) is 1.44. The first-order chi connectivity index (χ1) is 13.7. The van der Waals surface area contributed by atoms with Crippen LogP contribution < -0.4 is 9.47 Å². The van der Waals surface area contributed by atoms with Crippen LogP contribution in [0, 0.1) is 0 Å². The fraction of sp³-hybridized carbons (Fsp3) is 0.304. The quantitative estimate of drug-likeness (QED) is 0.682. The molecule has 28 heavy (non-hydrogen) atoms. The van der Waals surface area contributed by atoms with Gasteiger partial charge in [0.05, 0.1) is 14.2 Å². The zero-order valence-corrected chi connectivity index (χ0v) is 16.2. The van der Waals surface area contributed by atoms with Gasteiger partial charge in [0.2, 0.25) is 0 Å². The molecule has 1 unspecified atom stereocenters. The fourth-order valence-corrected chi connectivity index (χ4v) is 3.88. The average molecular weight is 376 g/mol. The van der Waals surface area contributed by atoms with Gasteiger partial charge in [0, 0.05) is 41.8 Å². The molecule has 2 aromatic carbocycles. The second-order valence-electron chi connectivity index (χ2n) is 7.12. The number of fused-ring (bicyclic) bond motifs is 1. The van der Waals surface area contributed by atoms with E-state index in [0.29, 0.717) is 23.6 Å². The van der Waals surface area contributed by atoms with Gasteiger partial charge in [0.25, 0.3) is 5.91 Å². The van der Waals surface area contributed by atoms with E-state index in [1.54, 1.807) is 32.4 Å². The van der Waals surface area contributed by atoms with Crippen molar-refractivity contribution in [1.82, 2.24) is 9.88 Å². The first-order valence-corrected chi connectivity index (χ1v) is 9.55. The lowest BCUT2D eigenvalue weighted by atomic mass is 9.93. The number of carbonyl (C=O) groups is 1. The summed E-state index contributed by atoms with van der Waals surface area (Å²) >= 11 is 0. The second-order valence-corrected chi connectivity index (χ2v) is 7.12. The molecule has 0 N–H and O–H groups in total. The Balaban J connectivity index is 1.55. The number of hydrogen-bond acceptors (Lipinski definition) is 4. The maximum Gasteiger partial charge on any atom is 0.254 e. The first kappa shape index (κ1) is 18.3. The van der Waals surface area contributed by atoms with Crippen molar-refractivity contribution in [2.75, 3.05) is 27.3 Å². The van der Waals surface area contributed by atoms with Gasteiger partial charge in [-0.1, -0.05) is 24.3 Å². The van der Waals surface area contributed by atoms with E-state index in [9.17, 15) is 4.79 Å². The molecule has 1 aromatic heterocycles. The van der Waals surface area contributed by atoms with Crippen molar-refractivity contribution >= 4 is 16.7 Å². The molecule has 4 rings (SSSR count). The Morgan fingerprint density at radius 1 is 1.04 bits per heavy atom. The molecule has 1 saturated heterocycles. The van der Waals surface area contributed by atoms with Crippen LogP contribution in [0.2, 0.25) is 0 Å². The molecule has 5 nitrogen and oxygen atoms in total. The zero-order valence-electron chi connectivity index (χ0n) is 16.2. The van der Waals surface area contributed by atoms with E-state index in [2.05, 4.69) is 23.2 Å². The Morgan fingerprint density at radius 3 is 2.61 bits per heavy atom. The predicted octanol–water partition coefficient (Wildman–Crippen LogP) is 4.27. The Hall–Kier alpha value is -3.08. The van der Waals surface area contributed by atoms with Crippen molar-refractivity contribution in [2.24, 2.45) is 0 Å². The van der Waals surface area contributed by atoms with E-state index in [0.717, 1.165) is 30.5 Å². The van der Waals surface area contributed by atoms with E-state index in [4.69, 9.17) is 9.47 Å². The summed E-state index contributed by atoms with van der Waals surface area (Å²) in [5.41, 5.74) is 1.67. The van der Waals surface area contributed by atoms with Crippen molar-refractivity contribution in [3.63, 3.8) is 0 Å². The molecule has 0 spiro atoms. The number of rotatable bonds is 4. The van der Waals surface area contributed by atoms with Crippen LogP contribution in [0.3, 0.4) is 0 Å². The fourth-order valence-electron chi connectivity index (χ4n) is 3.88. The summed E-state index contributed by atoms with van der Waals surface area (Å²) in [4.78, 5) is 19.7. The van der Waals surface area contributed by atoms with E-state index in [-0.39, 0.29) is 11.8 Å². The van der Waals surface area contributed by atoms with E-state index >= 15 is 0 Å². The van der Waals surface area contributed by atoms with Crippen LogP contribution in [0.4, 0.5) is 0 Å². The van der Waals surface area contributed by atoms with Gasteiger partial charge in [-0.05, 0) is 42.5 Å². The Bertz CT molecular complexity index is 1000. The van der Waals surface area contributed by atoms with Crippen molar-refractivity contribution in [3.05, 3.63) is 66.0 Å². The van der Waals surface area contributed by atoms with E-state index in [1.807, 2.05) is 23.2 Å². The lowest BCUT2D eigenvalue weighted by molar-refractivity contribution is 0.0705. The lowest BCUT2D eigenvalue weighted by Gasteiger charge is -2.32. The number of aromatic nitrogens is 1. The van der Waals surface area contributed by atoms with Crippen LogP contribution in [0.25, 0.3) is 10.8 Å². The van der Waals surface area contributed by atoms with Crippen molar-refractivity contribution in [3.8, 4) is 11.5 Å². The highest BCUT2D eigenvalue weighted by Crippen LogP contribution is 2.31. The monoisotopic (exact) mass is 376 g/mol. The summed E-state index contributed by atoms with van der Waals surface area (Å²) in [5.74, 6) is 1.46. The van der Waals surface area contributed by atoms with Crippen molar-refractivity contribution in [2.45, 2.75) is 18.8 Å². The van der Waals surface area contributed by atoms with Crippen LogP contribution in [0.1, 0.15) is 34.8 Å². The molecule has 0 saturated carbocycles. The molecule has 1 atom stereocenters. The maximum atomic E-state index is 13.1. The van der Waals surface area contributed by atoms with Gasteiger partial charge < -0.3 is 14.4 Å². The molecule has 0 aliphatic carbocycles. The Kier molecular flexibility index (Phi) is 5.15. The summed E-state index contributed by atoms with van der Waals surface area (Å²) in [5, 5.41) is 2.33. The summed E-state index contributed by atoms with van der Waals surface area (Å²) in [6.07, 6.45) is 3.94. The highest BCUT2D eigenvalue weighted by atomic mass is 16.5. The minimum absolute atomic E-state index is 0.0199. The van der Waals surface area contributed by atoms with Gasteiger partial charge in [-0.2, -0.15) is 0 Å². The first-order valence-electron chi connectivity index (χ1n) is 9.55. The third-order valence-electron chi connectivity index (χ3n) is 5.41. The summed E-state index contributed by atoms with van der Waals surface area (Å²) < 4.78 is 10.6. The van der Waals surface area contributed by atoms with Gasteiger partial charge in [-0.3, -0.25) is 9.78 Å². The number of amides is 1. The topological polar surface area (TPSA) is 51.7 Å². The SMILES string of the molecule is COc1ccc(C(=O)N2CCCC(c3cc4ccccc4cn3)C2)cc1OC. The molecule has 1 aliphatic rings. The molecule has 2 heterocycles. The van der Waals surface area contributed by atoms with Crippen LogP contribution >= 0.6 is 0 Å². The third-order valence-corrected chi connectivity index (χ3v) is 5.41. The number of nitrogens with zero attached hydrogens (tertiary/aromatic N) is 2. The largest absolute Gasteiger partial charge is 0.493 e. The average Bonchev–Trinajstić information content (AvgIpc) is 2.77. The van der Waals surface area contributed by atoms with Crippen molar-refractivity contribution in [1.29, 1.82) is 0 Å².